The molecule has 0 radical (unpaired) electrons. The molecule has 0 bridgehead atoms. The number of imidazole rings is 1. The monoisotopic (exact) mass is 125 g/mol. The van der Waals surface area contributed by atoms with Crippen LogP contribution in [0.15, 0.2) is 6.20 Å². The van der Waals surface area contributed by atoms with E-state index in [9.17, 15) is 0 Å². The number of nitrogens with zero attached hydrogens (tertiary/aromatic N) is 1. The minimum absolute atomic E-state index is 1.10. The Morgan fingerprint density at radius 3 is 2.56 bits per heavy atom. The Morgan fingerprint density at radius 1 is 1.67 bits per heavy atom. The van der Waals surface area contributed by atoms with Crippen LogP contribution in [0.4, 0.5) is 0 Å². The van der Waals surface area contributed by atoms with Gasteiger partial charge in [0.05, 0.1) is 7.05 Å². The van der Waals surface area contributed by atoms with Gasteiger partial charge in [0.1, 0.15) is 11.9 Å². The summed E-state index contributed by atoms with van der Waals surface area (Å²) in [5, 5.41) is 0. The van der Waals surface area contributed by atoms with Crippen molar-refractivity contribution in [3.05, 3.63) is 17.7 Å². The highest BCUT2D eigenvalue weighted by molar-refractivity contribution is 4.88. The van der Waals surface area contributed by atoms with E-state index in [-0.39, 0.29) is 0 Å². The normalized spacial score (nSPS) is 10.1. The first-order valence-corrected chi connectivity index (χ1v) is 3.28. The first-order valence-electron chi connectivity index (χ1n) is 3.28. The second kappa shape index (κ2) is 2.21. The standard InChI is InChI=1S/C7H12N2/c1-4-7-5-8-6(2)9(7)3/h5H,4H2,1-3H3/p+1. The van der Waals surface area contributed by atoms with E-state index in [0.717, 1.165) is 6.42 Å². The van der Waals surface area contributed by atoms with Crippen molar-refractivity contribution in [3.63, 3.8) is 0 Å². The molecule has 1 heterocycles. The molecule has 1 aromatic rings. The Bertz CT molecular complexity index is 201. The number of aromatic amines is 1. The minimum Gasteiger partial charge on any atom is -0.248 e. The van der Waals surface area contributed by atoms with Gasteiger partial charge < -0.3 is 0 Å². The molecule has 0 aliphatic rings. The van der Waals surface area contributed by atoms with E-state index in [0.29, 0.717) is 0 Å². The van der Waals surface area contributed by atoms with E-state index >= 15 is 0 Å². The van der Waals surface area contributed by atoms with Crippen molar-refractivity contribution >= 4 is 0 Å². The summed E-state index contributed by atoms with van der Waals surface area (Å²) in [5.41, 5.74) is 1.35. The molecule has 0 saturated carbocycles. The first-order chi connectivity index (χ1) is 4.25. The third kappa shape index (κ3) is 0.969. The highest BCUT2D eigenvalue weighted by Crippen LogP contribution is 1.91. The predicted octanol–water partition coefficient (Wildman–Crippen LogP) is 0.710. The lowest BCUT2D eigenvalue weighted by atomic mass is 10.4. The van der Waals surface area contributed by atoms with Gasteiger partial charge in [-0.1, -0.05) is 6.92 Å². The molecule has 0 aliphatic heterocycles. The zero-order valence-corrected chi connectivity index (χ0v) is 6.23. The maximum atomic E-state index is 3.15. The van der Waals surface area contributed by atoms with Gasteiger partial charge in [-0.25, -0.2) is 9.55 Å². The molecule has 0 aliphatic carbocycles. The van der Waals surface area contributed by atoms with Crippen LogP contribution in [-0.2, 0) is 13.5 Å². The van der Waals surface area contributed by atoms with Gasteiger partial charge in [0, 0.05) is 13.3 Å². The molecular formula is C7H13N2+. The summed E-state index contributed by atoms with van der Waals surface area (Å²) in [6.07, 6.45) is 3.15. The maximum absolute atomic E-state index is 3.15. The largest absolute Gasteiger partial charge is 0.251 e. The average Bonchev–Trinajstić information content (AvgIpc) is 2.15. The van der Waals surface area contributed by atoms with Gasteiger partial charge in [0.25, 0.3) is 5.82 Å². The molecule has 2 nitrogen and oxygen atoms in total. The Hall–Kier alpha value is -0.790. The summed E-state index contributed by atoms with van der Waals surface area (Å²) >= 11 is 0. The van der Waals surface area contributed by atoms with Crippen molar-refractivity contribution in [1.82, 2.24) is 4.98 Å². The quantitative estimate of drug-likeness (QED) is 0.533. The summed E-state index contributed by atoms with van der Waals surface area (Å²) < 4.78 is 2.17. The van der Waals surface area contributed by atoms with E-state index in [1.54, 1.807) is 0 Å². The van der Waals surface area contributed by atoms with Crippen molar-refractivity contribution in [1.29, 1.82) is 0 Å². The molecule has 1 aromatic heterocycles. The molecule has 0 spiro atoms. The maximum Gasteiger partial charge on any atom is 0.251 e. The van der Waals surface area contributed by atoms with E-state index in [1.165, 1.54) is 11.5 Å². The van der Waals surface area contributed by atoms with Gasteiger partial charge in [-0.05, 0) is 0 Å². The number of nitrogens with one attached hydrogen (secondary N) is 1. The van der Waals surface area contributed by atoms with E-state index < -0.39 is 0 Å². The third-order valence-corrected chi connectivity index (χ3v) is 1.74. The zero-order valence-electron chi connectivity index (χ0n) is 6.23. The number of hydrogen-bond donors (Lipinski definition) is 1. The number of H-pyrrole nitrogens is 1. The summed E-state index contributed by atoms with van der Waals surface area (Å²) in [6.45, 7) is 4.22. The Labute approximate surface area is 55.5 Å². The van der Waals surface area contributed by atoms with Crippen molar-refractivity contribution in [2.75, 3.05) is 0 Å². The van der Waals surface area contributed by atoms with Crippen LogP contribution in [0.3, 0.4) is 0 Å². The number of hydrogen-bond acceptors (Lipinski definition) is 0. The Balaban J connectivity index is 3.04. The lowest BCUT2D eigenvalue weighted by Crippen LogP contribution is -2.33. The fraction of sp³-hybridized carbons (Fsp3) is 0.571. The molecule has 50 valence electrons. The van der Waals surface area contributed by atoms with Gasteiger partial charge >= 0.3 is 0 Å². The number of aryl methyl sites for hydroxylation is 2. The molecule has 0 unspecified atom stereocenters. The van der Waals surface area contributed by atoms with Crippen LogP contribution in [0.1, 0.15) is 18.4 Å². The number of aromatic nitrogens is 2. The van der Waals surface area contributed by atoms with Gasteiger partial charge in [0.15, 0.2) is 0 Å². The van der Waals surface area contributed by atoms with Crippen LogP contribution in [0.2, 0.25) is 0 Å². The van der Waals surface area contributed by atoms with Gasteiger partial charge in [-0.2, -0.15) is 0 Å². The van der Waals surface area contributed by atoms with E-state index in [1.807, 2.05) is 0 Å². The summed E-state index contributed by atoms with van der Waals surface area (Å²) in [4.78, 5) is 3.15. The van der Waals surface area contributed by atoms with E-state index in [4.69, 9.17) is 0 Å². The zero-order chi connectivity index (χ0) is 6.85. The highest BCUT2D eigenvalue weighted by atomic mass is 15.0. The predicted molar refractivity (Wildman–Crippen MR) is 36.1 cm³/mol. The van der Waals surface area contributed by atoms with Gasteiger partial charge in [-0.15, -0.1) is 0 Å². The minimum atomic E-state index is 1.10. The van der Waals surface area contributed by atoms with Crippen molar-refractivity contribution in [2.45, 2.75) is 20.3 Å². The smallest absolute Gasteiger partial charge is 0.248 e. The second-order valence-corrected chi connectivity index (χ2v) is 2.28. The number of rotatable bonds is 1. The Kier molecular flexibility index (Phi) is 1.56. The second-order valence-electron chi connectivity index (χ2n) is 2.28. The SMILES string of the molecule is CCc1c[nH]c(C)[n+]1C. The molecule has 0 amide bonds. The van der Waals surface area contributed by atoms with Crippen LogP contribution < -0.4 is 4.57 Å². The third-order valence-electron chi connectivity index (χ3n) is 1.74. The molecule has 2 heteroatoms. The summed E-state index contributed by atoms with van der Waals surface area (Å²) in [7, 11) is 2.07. The van der Waals surface area contributed by atoms with Crippen LogP contribution in [0.25, 0.3) is 0 Å². The average molecular weight is 125 g/mol. The summed E-state index contributed by atoms with van der Waals surface area (Å²) in [6, 6.07) is 0. The van der Waals surface area contributed by atoms with Crippen LogP contribution in [-0.4, -0.2) is 4.98 Å². The Morgan fingerprint density at radius 2 is 2.33 bits per heavy atom. The molecule has 0 fully saturated rings. The van der Waals surface area contributed by atoms with Crippen molar-refractivity contribution in [3.8, 4) is 0 Å². The van der Waals surface area contributed by atoms with Crippen LogP contribution in [0.5, 0.6) is 0 Å². The molecule has 9 heavy (non-hydrogen) atoms. The van der Waals surface area contributed by atoms with Crippen LogP contribution >= 0.6 is 0 Å². The molecule has 1 rings (SSSR count). The topological polar surface area (TPSA) is 19.7 Å². The fourth-order valence-electron chi connectivity index (χ4n) is 0.936. The van der Waals surface area contributed by atoms with Gasteiger partial charge in [-0.3, -0.25) is 0 Å². The fourth-order valence-corrected chi connectivity index (χ4v) is 0.936. The molecule has 0 atom stereocenters. The van der Waals surface area contributed by atoms with Crippen LogP contribution in [0, 0.1) is 6.92 Å². The molecule has 0 aromatic carbocycles. The van der Waals surface area contributed by atoms with Crippen molar-refractivity contribution < 1.29 is 4.57 Å². The lowest BCUT2D eigenvalue weighted by molar-refractivity contribution is -0.683. The molecule has 0 saturated heterocycles. The lowest BCUT2D eigenvalue weighted by Gasteiger charge is -1.88. The first kappa shape index (κ1) is 6.33. The highest BCUT2D eigenvalue weighted by Gasteiger charge is 2.05. The molecule has 1 N–H and O–H groups in total. The van der Waals surface area contributed by atoms with Gasteiger partial charge in [0.2, 0.25) is 0 Å². The molecular weight excluding hydrogens is 112 g/mol. The van der Waals surface area contributed by atoms with Crippen molar-refractivity contribution in [2.24, 2.45) is 7.05 Å². The summed E-state index contributed by atoms with van der Waals surface area (Å²) in [5.74, 6) is 1.21. The van der Waals surface area contributed by atoms with E-state index in [2.05, 4.69) is 36.6 Å².